The number of hydrogen-bond acceptors (Lipinski definition) is 3. The van der Waals surface area contributed by atoms with Gasteiger partial charge in [0.2, 0.25) is 5.78 Å². The highest BCUT2D eigenvalue weighted by atomic mass is 19.2. The molecular weight excluding hydrogens is 266 g/mol. The van der Waals surface area contributed by atoms with Gasteiger partial charge in [-0.1, -0.05) is 12.1 Å². The number of Topliss-reactive ketones (excluding diaryl/α,β-unsaturated/α-hetero) is 1. The molecule has 0 unspecified atom stereocenters. The first-order valence-electron chi connectivity index (χ1n) is 5.77. The number of carbonyl (C=O) groups is 1. The summed E-state index contributed by atoms with van der Waals surface area (Å²) < 4.78 is 31.9. The Morgan fingerprint density at radius 2 is 1.95 bits per heavy atom. The van der Waals surface area contributed by atoms with Crippen molar-refractivity contribution < 1.29 is 23.4 Å². The van der Waals surface area contributed by atoms with E-state index in [2.05, 4.69) is 0 Å². The highest BCUT2D eigenvalue weighted by molar-refractivity contribution is 6.14. The molecule has 3 nitrogen and oxygen atoms in total. The van der Waals surface area contributed by atoms with E-state index in [-0.39, 0.29) is 28.4 Å². The van der Waals surface area contributed by atoms with Crippen molar-refractivity contribution in [2.45, 2.75) is 0 Å². The molecule has 0 fully saturated rings. The number of carbonyl (C=O) groups excluding carboxylic acids is 1. The third-order valence-corrected chi connectivity index (χ3v) is 2.92. The topological polar surface area (TPSA) is 46.5 Å². The van der Waals surface area contributed by atoms with Crippen LogP contribution in [0.4, 0.5) is 8.78 Å². The van der Waals surface area contributed by atoms with E-state index >= 15 is 0 Å². The van der Waals surface area contributed by atoms with E-state index in [1.807, 2.05) is 0 Å². The Morgan fingerprint density at radius 3 is 2.75 bits per heavy atom. The standard InChI is InChI=1S/C15H8F2O3/c16-11-3-1-2-8(14(11)17)6-13-15(19)10-5-4-9(18)7-12(10)20-13/h1-7,18H/b13-6-. The molecule has 2 aromatic carbocycles. The van der Waals surface area contributed by atoms with Crippen molar-refractivity contribution in [1.29, 1.82) is 0 Å². The Labute approximate surface area is 112 Å². The van der Waals surface area contributed by atoms with Gasteiger partial charge in [-0.3, -0.25) is 4.79 Å². The second-order valence-electron chi connectivity index (χ2n) is 4.26. The second kappa shape index (κ2) is 4.45. The summed E-state index contributed by atoms with van der Waals surface area (Å²) in [6.07, 6.45) is 1.14. The summed E-state index contributed by atoms with van der Waals surface area (Å²) in [5.74, 6) is -2.46. The van der Waals surface area contributed by atoms with Crippen LogP contribution in [0.1, 0.15) is 15.9 Å². The average molecular weight is 274 g/mol. The number of benzene rings is 2. The molecule has 5 heteroatoms. The predicted octanol–water partition coefficient (Wildman–Crippen LogP) is 3.29. The molecule has 0 amide bonds. The predicted molar refractivity (Wildman–Crippen MR) is 67.4 cm³/mol. The summed E-state index contributed by atoms with van der Waals surface area (Å²) >= 11 is 0. The third kappa shape index (κ3) is 1.93. The average Bonchev–Trinajstić information content (AvgIpc) is 2.71. The fraction of sp³-hybridized carbons (Fsp3) is 0. The summed E-state index contributed by atoms with van der Waals surface area (Å²) in [6.45, 7) is 0. The normalized spacial score (nSPS) is 15.3. The number of aromatic hydroxyl groups is 1. The van der Waals surface area contributed by atoms with Crippen molar-refractivity contribution in [2.24, 2.45) is 0 Å². The smallest absolute Gasteiger partial charge is 0.231 e. The molecule has 20 heavy (non-hydrogen) atoms. The third-order valence-electron chi connectivity index (χ3n) is 2.92. The van der Waals surface area contributed by atoms with Crippen molar-refractivity contribution in [3.8, 4) is 11.5 Å². The molecule has 0 saturated heterocycles. The number of ketones is 1. The molecule has 1 heterocycles. The second-order valence-corrected chi connectivity index (χ2v) is 4.26. The lowest BCUT2D eigenvalue weighted by molar-refractivity contribution is 0.101. The molecular formula is C15H8F2O3. The summed E-state index contributed by atoms with van der Waals surface area (Å²) in [6, 6.07) is 7.71. The van der Waals surface area contributed by atoms with Crippen molar-refractivity contribution >= 4 is 11.9 Å². The number of ether oxygens (including phenoxy) is 1. The maximum Gasteiger partial charge on any atom is 0.231 e. The van der Waals surface area contributed by atoms with Crippen LogP contribution in [0, 0.1) is 11.6 Å². The molecule has 0 bridgehead atoms. The lowest BCUT2D eigenvalue weighted by Gasteiger charge is -2.00. The lowest BCUT2D eigenvalue weighted by atomic mass is 10.1. The first-order chi connectivity index (χ1) is 9.56. The van der Waals surface area contributed by atoms with Gasteiger partial charge in [0.1, 0.15) is 11.5 Å². The maximum absolute atomic E-state index is 13.5. The molecule has 1 N–H and O–H groups in total. The van der Waals surface area contributed by atoms with Crippen LogP contribution in [0.15, 0.2) is 42.2 Å². The Kier molecular flexibility index (Phi) is 2.75. The molecule has 100 valence electrons. The minimum absolute atomic E-state index is 0.0465. The van der Waals surface area contributed by atoms with E-state index in [1.54, 1.807) is 0 Å². The summed E-state index contributed by atoms with van der Waals surface area (Å²) in [4.78, 5) is 12.0. The zero-order valence-corrected chi connectivity index (χ0v) is 10.1. The number of phenolic OH excluding ortho intramolecular Hbond substituents is 1. The van der Waals surface area contributed by atoms with Gasteiger partial charge in [-0.2, -0.15) is 0 Å². The minimum Gasteiger partial charge on any atom is -0.508 e. The van der Waals surface area contributed by atoms with E-state index in [0.717, 1.165) is 12.1 Å². The number of hydrogen-bond donors (Lipinski definition) is 1. The molecule has 0 saturated carbocycles. The van der Waals surface area contributed by atoms with Crippen LogP contribution < -0.4 is 4.74 Å². The Balaban J connectivity index is 2.03. The highest BCUT2D eigenvalue weighted by Gasteiger charge is 2.27. The van der Waals surface area contributed by atoms with Gasteiger partial charge in [-0.15, -0.1) is 0 Å². The Morgan fingerprint density at radius 1 is 1.15 bits per heavy atom. The number of allylic oxidation sites excluding steroid dienone is 1. The summed E-state index contributed by atoms with van der Waals surface area (Å²) in [5.41, 5.74) is 0.191. The Bertz CT molecular complexity index is 751. The van der Waals surface area contributed by atoms with E-state index in [4.69, 9.17) is 4.74 Å². The van der Waals surface area contributed by atoms with Crippen molar-refractivity contribution in [2.75, 3.05) is 0 Å². The minimum atomic E-state index is -1.05. The number of rotatable bonds is 1. The molecule has 1 aliphatic heterocycles. The van der Waals surface area contributed by atoms with Crippen LogP contribution in [0.5, 0.6) is 11.5 Å². The van der Waals surface area contributed by atoms with Gasteiger partial charge < -0.3 is 9.84 Å². The van der Waals surface area contributed by atoms with Gasteiger partial charge in [0.05, 0.1) is 5.56 Å². The molecule has 0 aromatic heterocycles. The van der Waals surface area contributed by atoms with Gasteiger partial charge in [0.15, 0.2) is 17.4 Å². The van der Waals surface area contributed by atoms with Crippen LogP contribution >= 0.6 is 0 Å². The molecule has 0 aliphatic carbocycles. The molecule has 1 aliphatic rings. The van der Waals surface area contributed by atoms with Crippen molar-refractivity contribution in [1.82, 2.24) is 0 Å². The first-order valence-corrected chi connectivity index (χ1v) is 5.77. The SMILES string of the molecule is O=C1/C(=C/c2cccc(F)c2F)Oc2cc(O)ccc21. The van der Waals surface area contributed by atoms with Gasteiger partial charge in [-0.05, 0) is 24.3 Å². The fourth-order valence-electron chi connectivity index (χ4n) is 1.95. The molecule has 0 atom stereocenters. The largest absolute Gasteiger partial charge is 0.508 e. The van der Waals surface area contributed by atoms with E-state index < -0.39 is 17.4 Å². The van der Waals surface area contributed by atoms with E-state index in [9.17, 15) is 18.7 Å². The van der Waals surface area contributed by atoms with Crippen molar-refractivity contribution in [3.05, 3.63) is 64.9 Å². The molecule has 0 radical (unpaired) electrons. The van der Waals surface area contributed by atoms with Crippen LogP contribution in [-0.4, -0.2) is 10.9 Å². The molecule has 3 rings (SSSR count). The number of halogens is 2. The molecule has 2 aromatic rings. The first kappa shape index (κ1) is 12.3. The van der Waals surface area contributed by atoms with Crippen molar-refractivity contribution in [3.63, 3.8) is 0 Å². The van der Waals surface area contributed by atoms with Crippen LogP contribution in [0.3, 0.4) is 0 Å². The lowest BCUT2D eigenvalue weighted by Crippen LogP contribution is -1.99. The van der Waals surface area contributed by atoms with Gasteiger partial charge in [0.25, 0.3) is 0 Å². The zero-order chi connectivity index (χ0) is 14.3. The molecule has 0 spiro atoms. The van der Waals surface area contributed by atoms with E-state index in [1.165, 1.54) is 30.3 Å². The summed E-state index contributed by atoms with van der Waals surface area (Å²) in [5, 5.41) is 9.32. The number of phenols is 1. The van der Waals surface area contributed by atoms with Gasteiger partial charge in [-0.25, -0.2) is 8.78 Å². The van der Waals surface area contributed by atoms with Crippen LogP contribution in [0.25, 0.3) is 6.08 Å². The van der Waals surface area contributed by atoms with Crippen LogP contribution in [0.2, 0.25) is 0 Å². The maximum atomic E-state index is 13.5. The van der Waals surface area contributed by atoms with Gasteiger partial charge >= 0.3 is 0 Å². The number of fused-ring (bicyclic) bond motifs is 1. The van der Waals surface area contributed by atoms with Gasteiger partial charge in [0, 0.05) is 11.6 Å². The van der Waals surface area contributed by atoms with Crippen LogP contribution in [-0.2, 0) is 0 Å². The Hall–Kier alpha value is -2.69. The zero-order valence-electron chi connectivity index (χ0n) is 10.1. The quantitative estimate of drug-likeness (QED) is 0.812. The summed E-state index contributed by atoms with van der Waals surface area (Å²) in [7, 11) is 0. The highest BCUT2D eigenvalue weighted by Crippen LogP contribution is 2.34. The fourth-order valence-corrected chi connectivity index (χ4v) is 1.95. The van der Waals surface area contributed by atoms with E-state index in [0.29, 0.717) is 0 Å². The monoisotopic (exact) mass is 274 g/mol.